The predicted molar refractivity (Wildman–Crippen MR) is 80.6 cm³/mol. The Bertz CT molecular complexity index is 302. The number of nitrogens with zero attached hydrogens (tertiary/aromatic N) is 1. The smallest absolute Gasteiger partial charge is 0.284 e. The van der Waals surface area contributed by atoms with E-state index in [1.54, 1.807) is 0 Å². The fourth-order valence-corrected chi connectivity index (χ4v) is 4.11. The lowest BCUT2D eigenvalue weighted by atomic mass is 10.1. The number of phosphoric ester groups is 1. The van der Waals surface area contributed by atoms with Gasteiger partial charge in [-0.15, -0.1) is 0 Å². The molecule has 0 spiro atoms. The quantitative estimate of drug-likeness (QED) is 0.629. The van der Waals surface area contributed by atoms with E-state index in [2.05, 4.69) is 4.90 Å². The highest BCUT2D eigenvalue weighted by molar-refractivity contribution is 7.48. The minimum atomic E-state index is -3.51. The first-order valence-corrected chi connectivity index (χ1v) is 9.21. The van der Waals surface area contributed by atoms with E-state index in [0.717, 1.165) is 19.5 Å². The highest BCUT2D eigenvalue weighted by Gasteiger charge is 2.35. The molecule has 1 aliphatic rings. The Hall–Kier alpha value is 0.0700. The topological polar surface area (TPSA) is 48.0 Å². The molecule has 120 valence electrons. The van der Waals surface area contributed by atoms with Gasteiger partial charge in [-0.25, -0.2) is 4.57 Å². The maximum Gasteiger partial charge on any atom is 0.476 e. The zero-order valence-electron chi connectivity index (χ0n) is 13.5. The second kappa shape index (κ2) is 8.50. The normalized spacial score (nSPS) is 19.8. The van der Waals surface area contributed by atoms with Crippen LogP contribution < -0.4 is 0 Å². The molecule has 1 fully saturated rings. The van der Waals surface area contributed by atoms with Gasteiger partial charge in [-0.05, 0) is 47.0 Å². The zero-order valence-corrected chi connectivity index (χ0v) is 14.4. The van der Waals surface area contributed by atoms with Gasteiger partial charge in [0.05, 0.1) is 12.2 Å². The summed E-state index contributed by atoms with van der Waals surface area (Å²) in [4.78, 5) is 2.24. The number of hydrogen-bond donors (Lipinski definition) is 0. The summed E-state index contributed by atoms with van der Waals surface area (Å²) >= 11 is 0. The van der Waals surface area contributed by atoms with Gasteiger partial charge in [0, 0.05) is 13.1 Å². The Morgan fingerprint density at radius 1 is 0.950 bits per heavy atom. The molecule has 1 heterocycles. The third-order valence-corrected chi connectivity index (χ3v) is 4.94. The first-order chi connectivity index (χ1) is 9.36. The highest BCUT2D eigenvalue weighted by Crippen LogP contribution is 2.53. The van der Waals surface area contributed by atoms with Crippen LogP contribution >= 0.6 is 7.82 Å². The summed E-state index contributed by atoms with van der Waals surface area (Å²) in [7, 11) is -3.51. The highest BCUT2D eigenvalue weighted by atomic mass is 31.2. The minimum Gasteiger partial charge on any atom is -0.284 e. The van der Waals surface area contributed by atoms with Crippen LogP contribution in [0.5, 0.6) is 0 Å². The Morgan fingerprint density at radius 3 is 1.85 bits per heavy atom. The van der Waals surface area contributed by atoms with Gasteiger partial charge in [0.2, 0.25) is 0 Å². The van der Waals surface area contributed by atoms with Crippen molar-refractivity contribution in [3.05, 3.63) is 0 Å². The summed E-state index contributed by atoms with van der Waals surface area (Å²) in [5.74, 6) is 0. The van der Waals surface area contributed by atoms with Crippen LogP contribution in [0.15, 0.2) is 0 Å². The van der Waals surface area contributed by atoms with Gasteiger partial charge in [0.25, 0.3) is 0 Å². The van der Waals surface area contributed by atoms with E-state index in [1.165, 1.54) is 19.3 Å². The molecule has 0 aliphatic carbocycles. The molecule has 1 atom stereocenters. The van der Waals surface area contributed by atoms with E-state index in [9.17, 15) is 4.57 Å². The molecule has 0 saturated carbocycles. The molecule has 6 heteroatoms. The van der Waals surface area contributed by atoms with Crippen molar-refractivity contribution in [2.75, 3.05) is 13.1 Å². The predicted octanol–water partition coefficient (Wildman–Crippen LogP) is 4.18. The molecule has 0 aromatic heterocycles. The average Bonchev–Trinajstić information content (AvgIpc) is 2.35. The summed E-state index contributed by atoms with van der Waals surface area (Å²) in [6.45, 7) is 11.4. The molecule has 0 radical (unpaired) electrons. The standard InChI is InChI=1S/C14H30NO4P/c1-6-14(15-10-8-7-9-11-15)19-20(16,17-12(2)3)18-13(4)5/h12-14H,6-11H2,1-5H3. The van der Waals surface area contributed by atoms with Gasteiger partial charge >= 0.3 is 7.82 Å². The number of hydrogen-bond acceptors (Lipinski definition) is 5. The Balaban J connectivity index is 2.71. The van der Waals surface area contributed by atoms with Gasteiger partial charge in [-0.1, -0.05) is 13.3 Å². The first-order valence-electron chi connectivity index (χ1n) is 7.75. The van der Waals surface area contributed by atoms with Crippen molar-refractivity contribution in [1.29, 1.82) is 0 Å². The van der Waals surface area contributed by atoms with Gasteiger partial charge < -0.3 is 0 Å². The van der Waals surface area contributed by atoms with Crippen LogP contribution in [0.2, 0.25) is 0 Å². The van der Waals surface area contributed by atoms with Crippen LogP contribution in [-0.2, 0) is 18.1 Å². The van der Waals surface area contributed by atoms with Crippen molar-refractivity contribution < 1.29 is 18.1 Å². The van der Waals surface area contributed by atoms with E-state index in [-0.39, 0.29) is 18.4 Å². The van der Waals surface area contributed by atoms with Gasteiger partial charge in [0.15, 0.2) is 0 Å². The molecule has 0 N–H and O–H groups in total. The lowest BCUT2D eigenvalue weighted by Crippen LogP contribution is -2.40. The van der Waals surface area contributed by atoms with Crippen LogP contribution in [-0.4, -0.2) is 36.4 Å². The summed E-state index contributed by atoms with van der Waals surface area (Å²) in [5.41, 5.74) is 0. The van der Waals surface area contributed by atoms with Crippen molar-refractivity contribution in [2.45, 2.75) is 78.7 Å². The molecular formula is C14H30NO4P. The third kappa shape index (κ3) is 6.23. The van der Waals surface area contributed by atoms with Gasteiger partial charge in [0.1, 0.15) is 6.23 Å². The molecule has 1 unspecified atom stereocenters. The average molecular weight is 307 g/mol. The molecule has 20 heavy (non-hydrogen) atoms. The maximum absolute atomic E-state index is 12.8. The summed E-state index contributed by atoms with van der Waals surface area (Å²) in [6, 6.07) is 0. The van der Waals surface area contributed by atoms with Crippen LogP contribution in [0.4, 0.5) is 0 Å². The van der Waals surface area contributed by atoms with Crippen molar-refractivity contribution in [1.82, 2.24) is 4.90 Å². The van der Waals surface area contributed by atoms with Crippen molar-refractivity contribution in [3.63, 3.8) is 0 Å². The van der Waals surface area contributed by atoms with Gasteiger partial charge in [-0.2, -0.15) is 0 Å². The molecule has 0 aromatic rings. The molecule has 0 bridgehead atoms. The summed E-state index contributed by atoms with van der Waals surface area (Å²) < 4.78 is 29.5. The number of likely N-dealkylation sites (tertiary alicyclic amines) is 1. The second-order valence-corrected chi connectivity index (χ2v) is 7.35. The zero-order chi connectivity index (χ0) is 15.2. The molecule has 1 rings (SSSR count). The van der Waals surface area contributed by atoms with Crippen LogP contribution in [0.25, 0.3) is 0 Å². The Kier molecular flexibility index (Phi) is 7.70. The molecule has 1 saturated heterocycles. The monoisotopic (exact) mass is 307 g/mol. The first kappa shape index (κ1) is 18.1. The van der Waals surface area contributed by atoms with Crippen molar-refractivity contribution >= 4 is 7.82 Å². The molecule has 1 aliphatic heterocycles. The fraction of sp³-hybridized carbons (Fsp3) is 1.00. The van der Waals surface area contributed by atoms with Gasteiger partial charge in [-0.3, -0.25) is 18.5 Å². The Labute approximate surface area is 123 Å². The molecular weight excluding hydrogens is 277 g/mol. The minimum absolute atomic E-state index is 0.196. The van der Waals surface area contributed by atoms with Crippen molar-refractivity contribution in [2.24, 2.45) is 0 Å². The molecule has 0 aromatic carbocycles. The van der Waals surface area contributed by atoms with E-state index >= 15 is 0 Å². The Morgan fingerprint density at radius 2 is 1.45 bits per heavy atom. The lowest BCUT2D eigenvalue weighted by Gasteiger charge is -2.35. The molecule has 0 amide bonds. The van der Waals surface area contributed by atoms with Crippen molar-refractivity contribution in [3.8, 4) is 0 Å². The van der Waals surface area contributed by atoms with Crippen LogP contribution in [0.1, 0.15) is 60.3 Å². The largest absolute Gasteiger partial charge is 0.476 e. The van der Waals surface area contributed by atoms with Crippen LogP contribution in [0.3, 0.4) is 0 Å². The third-order valence-electron chi connectivity index (χ3n) is 3.08. The van der Waals surface area contributed by atoms with Crippen LogP contribution in [0, 0.1) is 0 Å². The molecule has 5 nitrogen and oxygen atoms in total. The SMILES string of the molecule is CCC(OP(=O)(OC(C)C)OC(C)C)N1CCCCC1. The van der Waals surface area contributed by atoms with E-state index < -0.39 is 7.82 Å². The van der Waals surface area contributed by atoms with E-state index in [1.807, 2.05) is 34.6 Å². The lowest BCUT2D eigenvalue weighted by molar-refractivity contribution is -0.0331. The summed E-state index contributed by atoms with van der Waals surface area (Å²) in [5, 5.41) is 0. The number of rotatable bonds is 8. The fourth-order valence-electron chi connectivity index (χ4n) is 2.35. The van der Waals surface area contributed by atoms with E-state index in [4.69, 9.17) is 13.6 Å². The number of phosphoric acid groups is 1. The second-order valence-electron chi connectivity index (χ2n) is 5.82. The maximum atomic E-state index is 12.8. The number of piperidine rings is 1. The summed E-state index contributed by atoms with van der Waals surface area (Å²) in [6.07, 6.45) is 3.78. The van der Waals surface area contributed by atoms with E-state index in [0.29, 0.717) is 0 Å².